The Morgan fingerprint density at radius 1 is 1.16 bits per heavy atom. The van der Waals surface area contributed by atoms with E-state index in [0.29, 0.717) is 6.04 Å². The highest BCUT2D eigenvalue weighted by Gasteiger charge is 2.26. The summed E-state index contributed by atoms with van der Waals surface area (Å²) in [7, 11) is 2.28. The Balaban J connectivity index is 1.69. The van der Waals surface area contributed by atoms with Crippen LogP contribution >= 0.6 is 0 Å². The topological polar surface area (TPSA) is 44.4 Å². The molecular formula is C15H29N3O. The van der Waals surface area contributed by atoms with Gasteiger partial charge in [0.1, 0.15) is 0 Å². The minimum atomic E-state index is 0.117. The molecule has 110 valence electrons. The SMILES string of the molecule is CC(=O)NC1CCC(N(C)CC2CCNCC2)CC1. The number of nitrogens with one attached hydrogen (secondary N) is 2. The molecule has 0 aromatic rings. The molecule has 2 rings (SSSR count). The van der Waals surface area contributed by atoms with Crippen molar-refractivity contribution in [3.63, 3.8) is 0 Å². The zero-order chi connectivity index (χ0) is 13.7. The van der Waals surface area contributed by atoms with Crippen LogP contribution in [0.15, 0.2) is 0 Å². The molecule has 0 aromatic carbocycles. The minimum Gasteiger partial charge on any atom is -0.354 e. The van der Waals surface area contributed by atoms with Crippen molar-refractivity contribution in [2.24, 2.45) is 5.92 Å². The van der Waals surface area contributed by atoms with E-state index in [1.165, 1.54) is 45.3 Å². The second-order valence-corrected chi connectivity index (χ2v) is 6.34. The molecule has 2 aliphatic rings. The summed E-state index contributed by atoms with van der Waals surface area (Å²) in [5, 5.41) is 6.49. The molecule has 4 nitrogen and oxygen atoms in total. The van der Waals surface area contributed by atoms with Crippen LogP contribution in [0.2, 0.25) is 0 Å². The van der Waals surface area contributed by atoms with E-state index in [2.05, 4.69) is 22.6 Å². The van der Waals surface area contributed by atoms with Crippen LogP contribution in [0.4, 0.5) is 0 Å². The average Bonchev–Trinajstić information content (AvgIpc) is 2.40. The Morgan fingerprint density at radius 3 is 2.37 bits per heavy atom. The molecule has 0 spiro atoms. The molecule has 1 aliphatic heterocycles. The Hall–Kier alpha value is -0.610. The maximum Gasteiger partial charge on any atom is 0.217 e. The fourth-order valence-electron chi connectivity index (χ4n) is 3.57. The van der Waals surface area contributed by atoms with Gasteiger partial charge in [-0.2, -0.15) is 0 Å². The fraction of sp³-hybridized carbons (Fsp3) is 0.933. The quantitative estimate of drug-likeness (QED) is 0.808. The van der Waals surface area contributed by atoms with Crippen molar-refractivity contribution >= 4 is 5.91 Å². The first-order valence-corrected chi connectivity index (χ1v) is 7.83. The van der Waals surface area contributed by atoms with Gasteiger partial charge in [-0.25, -0.2) is 0 Å². The molecular weight excluding hydrogens is 238 g/mol. The predicted octanol–water partition coefficient (Wildman–Crippen LogP) is 1.37. The second-order valence-electron chi connectivity index (χ2n) is 6.34. The minimum absolute atomic E-state index is 0.117. The summed E-state index contributed by atoms with van der Waals surface area (Å²) in [5.41, 5.74) is 0. The average molecular weight is 267 g/mol. The summed E-state index contributed by atoms with van der Waals surface area (Å²) in [6, 6.07) is 1.14. The summed E-state index contributed by atoms with van der Waals surface area (Å²) < 4.78 is 0. The number of amides is 1. The number of rotatable bonds is 4. The van der Waals surface area contributed by atoms with Crippen molar-refractivity contribution in [3.05, 3.63) is 0 Å². The van der Waals surface area contributed by atoms with Crippen molar-refractivity contribution < 1.29 is 4.79 Å². The smallest absolute Gasteiger partial charge is 0.217 e. The standard InChI is InChI=1S/C15H29N3O/c1-12(19)17-14-3-5-15(6-4-14)18(2)11-13-7-9-16-10-8-13/h13-16H,3-11H2,1-2H3,(H,17,19). The van der Waals surface area contributed by atoms with E-state index in [4.69, 9.17) is 0 Å². The van der Waals surface area contributed by atoms with Crippen LogP contribution in [-0.4, -0.2) is 49.6 Å². The number of nitrogens with zero attached hydrogens (tertiary/aromatic N) is 1. The van der Waals surface area contributed by atoms with Gasteiger partial charge in [0.25, 0.3) is 0 Å². The molecule has 4 heteroatoms. The lowest BCUT2D eigenvalue weighted by Crippen LogP contribution is -2.44. The maximum atomic E-state index is 11.1. The van der Waals surface area contributed by atoms with E-state index >= 15 is 0 Å². The van der Waals surface area contributed by atoms with Crippen molar-refractivity contribution in [2.45, 2.75) is 57.5 Å². The molecule has 2 N–H and O–H groups in total. The lowest BCUT2D eigenvalue weighted by Gasteiger charge is -2.37. The van der Waals surface area contributed by atoms with E-state index in [1.807, 2.05) is 0 Å². The molecule has 19 heavy (non-hydrogen) atoms. The largest absolute Gasteiger partial charge is 0.354 e. The van der Waals surface area contributed by atoms with Gasteiger partial charge in [0.2, 0.25) is 5.91 Å². The molecule has 0 unspecified atom stereocenters. The molecule has 0 bridgehead atoms. The van der Waals surface area contributed by atoms with Gasteiger partial charge in [0.15, 0.2) is 0 Å². The van der Waals surface area contributed by atoms with Crippen molar-refractivity contribution in [1.82, 2.24) is 15.5 Å². The van der Waals surface area contributed by atoms with Crippen LogP contribution in [0.3, 0.4) is 0 Å². The monoisotopic (exact) mass is 267 g/mol. The van der Waals surface area contributed by atoms with Gasteiger partial charge in [-0.15, -0.1) is 0 Å². The molecule has 0 radical (unpaired) electrons. The summed E-state index contributed by atoms with van der Waals surface area (Å²) >= 11 is 0. The van der Waals surface area contributed by atoms with E-state index < -0.39 is 0 Å². The molecule has 1 saturated carbocycles. The Kier molecular flexibility index (Phi) is 5.64. The van der Waals surface area contributed by atoms with Gasteiger partial charge < -0.3 is 15.5 Å². The molecule has 1 amide bonds. The molecule has 0 atom stereocenters. The van der Waals surface area contributed by atoms with Gasteiger partial charge in [-0.1, -0.05) is 0 Å². The third-order valence-electron chi connectivity index (χ3n) is 4.73. The highest BCUT2D eigenvalue weighted by Crippen LogP contribution is 2.24. The summed E-state index contributed by atoms with van der Waals surface area (Å²) in [5.74, 6) is 0.992. The Labute approximate surface area is 117 Å². The Bertz CT molecular complexity index is 281. The van der Waals surface area contributed by atoms with Crippen LogP contribution in [0.25, 0.3) is 0 Å². The third-order valence-corrected chi connectivity index (χ3v) is 4.73. The highest BCUT2D eigenvalue weighted by molar-refractivity contribution is 5.73. The van der Waals surface area contributed by atoms with Crippen LogP contribution < -0.4 is 10.6 Å². The summed E-state index contributed by atoms with van der Waals surface area (Å²) in [6.07, 6.45) is 7.39. The number of carbonyl (C=O) groups excluding carboxylic acids is 1. The first kappa shape index (κ1) is 14.8. The zero-order valence-electron chi connectivity index (χ0n) is 12.5. The Morgan fingerprint density at radius 2 is 1.79 bits per heavy atom. The first-order chi connectivity index (χ1) is 9.15. The van der Waals surface area contributed by atoms with Gasteiger partial charge in [-0.05, 0) is 64.6 Å². The lowest BCUT2D eigenvalue weighted by atomic mass is 9.89. The van der Waals surface area contributed by atoms with Crippen molar-refractivity contribution in [2.75, 3.05) is 26.7 Å². The van der Waals surface area contributed by atoms with E-state index in [1.54, 1.807) is 6.92 Å². The molecule has 1 saturated heterocycles. The molecule has 2 fully saturated rings. The normalized spacial score (nSPS) is 29.4. The lowest BCUT2D eigenvalue weighted by molar-refractivity contribution is -0.119. The van der Waals surface area contributed by atoms with Crippen molar-refractivity contribution in [3.8, 4) is 0 Å². The number of hydrogen-bond donors (Lipinski definition) is 2. The number of carbonyl (C=O) groups is 1. The van der Waals surface area contributed by atoms with Crippen LogP contribution in [0.5, 0.6) is 0 Å². The molecule has 1 aliphatic carbocycles. The fourth-order valence-corrected chi connectivity index (χ4v) is 3.57. The van der Waals surface area contributed by atoms with Gasteiger partial charge in [0.05, 0.1) is 0 Å². The predicted molar refractivity (Wildman–Crippen MR) is 78.1 cm³/mol. The molecule has 1 heterocycles. The van der Waals surface area contributed by atoms with Crippen LogP contribution in [0.1, 0.15) is 45.4 Å². The summed E-state index contributed by atoms with van der Waals surface area (Å²) in [6.45, 7) is 5.24. The van der Waals surface area contributed by atoms with Gasteiger partial charge in [0, 0.05) is 25.6 Å². The van der Waals surface area contributed by atoms with E-state index in [9.17, 15) is 4.79 Å². The van der Waals surface area contributed by atoms with Gasteiger partial charge >= 0.3 is 0 Å². The number of piperidine rings is 1. The molecule has 0 aromatic heterocycles. The van der Waals surface area contributed by atoms with Gasteiger partial charge in [-0.3, -0.25) is 4.79 Å². The van der Waals surface area contributed by atoms with E-state index in [-0.39, 0.29) is 5.91 Å². The number of hydrogen-bond acceptors (Lipinski definition) is 3. The van der Waals surface area contributed by atoms with Crippen molar-refractivity contribution in [1.29, 1.82) is 0 Å². The maximum absolute atomic E-state index is 11.1. The second kappa shape index (κ2) is 7.25. The third kappa shape index (κ3) is 4.77. The van der Waals surface area contributed by atoms with Crippen LogP contribution in [0, 0.1) is 5.92 Å². The van der Waals surface area contributed by atoms with Crippen LogP contribution in [-0.2, 0) is 4.79 Å². The zero-order valence-corrected chi connectivity index (χ0v) is 12.5. The van der Waals surface area contributed by atoms with E-state index in [0.717, 1.165) is 24.8 Å². The first-order valence-electron chi connectivity index (χ1n) is 7.83. The summed E-state index contributed by atoms with van der Waals surface area (Å²) in [4.78, 5) is 13.6. The highest BCUT2D eigenvalue weighted by atomic mass is 16.1.